The van der Waals surface area contributed by atoms with E-state index in [1.807, 2.05) is 11.5 Å². The van der Waals surface area contributed by atoms with Crippen molar-refractivity contribution in [3.63, 3.8) is 0 Å². The fraction of sp³-hybridized carbons (Fsp3) is 0.158. The summed E-state index contributed by atoms with van der Waals surface area (Å²) in [7, 11) is 0. The predicted octanol–water partition coefficient (Wildman–Crippen LogP) is 18.8. The molecule has 0 unspecified atom stereocenters. The number of hydrogen-bond acceptors (Lipinski definition) is 7. The van der Waals surface area contributed by atoms with E-state index in [1.54, 1.807) is 24.3 Å². The summed E-state index contributed by atoms with van der Waals surface area (Å²) in [6.07, 6.45) is -4.45. The smallest absolute Gasteiger partial charge is 0.258 e. The van der Waals surface area contributed by atoms with E-state index in [4.69, 9.17) is 161 Å². The first kappa shape index (κ1) is 59.7. The third-order valence-corrected chi connectivity index (χ3v) is 11.9. The van der Waals surface area contributed by atoms with Gasteiger partial charge in [-0.15, -0.1) is 58.0 Å². The van der Waals surface area contributed by atoms with Crippen LogP contribution in [0.25, 0.3) is 0 Å². The zero-order valence-electron chi connectivity index (χ0n) is 31.1. The highest BCUT2D eigenvalue weighted by atomic mass is 35.5. The van der Waals surface area contributed by atoms with Gasteiger partial charge in [-0.2, -0.15) is 23.7 Å². The van der Waals surface area contributed by atoms with Gasteiger partial charge < -0.3 is 0 Å². The number of nitro groups is 2. The largest absolute Gasteiger partial charge is 0.416 e. The molecule has 64 heavy (non-hydrogen) atoms. The molecule has 26 heteroatoms. The Labute approximate surface area is 431 Å². The van der Waals surface area contributed by atoms with Crippen LogP contribution in [-0.4, -0.2) is 9.85 Å². The lowest BCUT2D eigenvalue weighted by Gasteiger charge is -2.10. The highest BCUT2D eigenvalue weighted by molar-refractivity contribution is 8.03. The fourth-order valence-electron chi connectivity index (χ4n) is 4.18. The second-order valence-corrected chi connectivity index (χ2v) is 16.8. The fourth-order valence-corrected chi connectivity index (χ4v) is 9.14. The first-order valence-electron chi connectivity index (χ1n) is 16.3. The van der Waals surface area contributed by atoms with Crippen LogP contribution >= 0.6 is 163 Å². The van der Waals surface area contributed by atoms with Crippen LogP contribution in [0, 0.1) is 48.0 Å². The van der Waals surface area contributed by atoms with Gasteiger partial charge in [-0.1, -0.05) is 92.8 Å². The molecule has 0 atom stereocenters. The number of benzene rings is 5. The van der Waals surface area contributed by atoms with Crippen molar-refractivity contribution in [2.24, 2.45) is 0 Å². The minimum Gasteiger partial charge on any atom is -0.258 e. The van der Waals surface area contributed by atoms with E-state index in [0.717, 1.165) is 47.0 Å². The third kappa shape index (κ3) is 19.1. The summed E-state index contributed by atoms with van der Waals surface area (Å²) in [5.41, 5.74) is 1.55. The molecular weight excluding hydrogens is 1150 g/mol. The lowest BCUT2D eigenvalue weighted by Crippen LogP contribution is -2.05. The molecule has 5 aromatic rings. The van der Waals surface area contributed by atoms with Crippen LogP contribution in [0.15, 0.2) is 71.6 Å². The van der Waals surface area contributed by atoms with Gasteiger partial charge in [0.25, 0.3) is 11.4 Å². The molecule has 0 aromatic heterocycles. The van der Waals surface area contributed by atoms with Gasteiger partial charge in [-0.05, 0) is 60.3 Å². The molecule has 0 radical (unpaired) electrons. The molecule has 0 spiro atoms. The molecule has 8 nitrogen and oxygen atoms in total. The topological polar surface area (TPSA) is 134 Å². The molecule has 0 amide bonds. The van der Waals surface area contributed by atoms with Gasteiger partial charge in [0.1, 0.15) is 11.2 Å². The number of rotatable bonds is 8. The van der Waals surface area contributed by atoms with E-state index < -0.39 is 27.4 Å². The van der Waals surface area contributed by atoms with Crippen molar-refractivity contribution < 1.29 is 27.4 Å². The summed E-state index contributed by atoms with van der Waals surface area (Å²) in [4.78, 5) is 20.3. The molecule has 0 saturated carbocycles. The van der Waals surface area contributed by atoms with Crippen LogP contribution in [0.2, 0.25) is 40.2 Å². The maximum atomic E-state index is 12.5. The number of nitrogens with zero attached hydrogens (tertiary/aromatic N) is 4. The first-order valence-corrected chi connectivity index (χ1v) is 22.8. The SMILES string of the molecule is FC(F)(F)c1cc(Cl)c(CCl)c(Cl)c1.Fc1cc(Cl)c(CCl)c(Cl)c1.N#CSc1cc(Cl)c(CCl)c(Cl)c1.N#Cc1cc(Cl)c(CCl)c(Cl)c1.O=[N+]([O-])c1ccc([N+](=O)[O-])c(CCl)c1. The zero-order chi connectivity index (χ0) is 49.1. The molecule has 0 aliphatic carbocycles. The van der Waals surface area contributed by atoms with Gasteiger partial charge in [0.2, 0.25) is 0 Å². The van der Waals surface area contributed by atoms with Crippen LogP contribution in [-0.2, 0) is 35.6 Å². The Morgan fingerprint density at radius 3 is 1.25 bits per heavy atom. The van der Waals surface area contributed by atoms with Gasteiger partial charge in [0.05, 0.1) is 62.0 Å². The Bertz CT molecular complexity index is 2440. The second-order valence-electron chi connectivity index (χ2n) is 11.3. The van der Waals surface area contributed by atoms with Gasteiger partial charge in [-0.25, -0.2) is 4.39 Å². The summed E-state index contributed by atoms with van der Waals surface area (Å²) < 4.78 is 49.2. The van der Waals surface area contributed by atoms with Crippen molar-refractivity contribution in [3.8, 4) is 11.5 Å². The Morgan fingerprint density at radius 1 is 0.562 bits per heavy atom. The van der Waals surface area contributed by atoms with Crippen molar-refractivity contribution in [2.75, 3.05) is 0 Å². The van der Waals surface area contributed by atoms with E-state index >= 15 is 0 Å². The Balaban J connectivity index is 0.000000401. The Hall–Kier alpha value is -2.28. The normalized spacial score (nSPS) is 10.2. The van der Waals surface area contributed by atoms with Crippen LogP contribution in [0.3, 0.4) is 0 Å². The molecule has 5 rings (SSSR count). The quantitative estimate of drug-likeness (QED) is 0.0377. The van der Waals surface area contributed by atoms with Gasteiger partial charge in [-0.3, -0.25) is 20.2 Å². The van der Waals surface area contributed by atoms with Crippen molar-refractivity contribution in [3.05, 3.63) is 172 Å². The third-order valence-electron chi connectivity index (χ3n) is 7.27. The highest BCUT2D eigenvalue weighted by Gasteiger charge is 2.32. The van der Waals surface area contributed by atoms with Crippen LogP contribution in [0.1, 0.15) is 38.9 Å². The monoisotopic (exact) mass is 1160 g/mol. The second kappa shape index (κ2) is 29.5. The number of hydrogen-bond donors (Lipinski definition) is 0. The number of nitriles is 2. The maximum absolute atomic E-state index is 12.5. The molecule has 0 N–H and O–H groups in total. The highest BCUT2D eigenvalue weighted by Crippen LogP contribution is 2.37. The molecule has 0 fully saturated rings. The first-order chi connectivity index (χ1) is 29.9. The maximum Gasteiger partial charge on any atom is 0.416 e. The minimum absolute atomic E-state index is 0.0181. The average Bonchev–Trinajstić information content (AvgIpc) is 3.20. The van der Waals surface area contributed by atoms with Gasteiger partial charge in [0, 0.05) is 85.5 Å². The van der Waals surface area contributed by atoms with Crippen molar-refractivity contribution >= 4 is 174 Å². The van der Waals surface area contributed by atoms with E-state index in [9.17, 15) is 37.8 Å². The summed E-state index contributed by atoms with van der Waals surface area (Å²) in [5, 5.41) is 42.0. The standard InChI is InChI=1S/C8H4Cl3F3.C8H4Cl3NS.C8H4Cl3N.C7H4Cl3F.C7H5ClN2O4/c9-3-5-6(10)1-4(2-7(5)11)8(12,13)14;9-3-6-7(10)1-5(13-4-12)2-8(6)11;9-3-6-7(10)1-5(4-12)2-8(6)11;8-3-5-6(9)1-4(11)2-7(5)10;8-4-5-3-6(9(11)12)1-2-7(5)10(13)14/h1-2H,3H2;1-2H,3H2;1-2H,3H2;1-2H,3H2;1-3H,4H2. The van der Waals surface area contributed by atoms with Crippen LogP contribution in [0.4, 0.5) is 28.9 Å². The zero-order valence-corrected chi connectivity index (χ0v) is 41.8. The summed E-state index contributed by atoms with van der Waals surface area (Å²) in [6, 6.07) is 15.7. The molecule has 5 aromatic carbocycles. The summed E-state index contributed by atoms with van der Waals surface area (Å²) in [6.45, 7) is 0. The van der Waals surface area contributed by atoms with Crippen molar-refractivity contribution in [1.82, 2.24) is 0 Å². The summed E-state index contributed by atoms with van der Waals surface area (Å²) in [5.74, 6) is 0.124. The van der Waals surface area contributed by atoms with E-state index in [-0.39, 0.29) is 66.4 Å². The number of thiocyanates is 1. The number of halogens is 17. The molecule has 0 aliphatic heterocycles. The molecule has 0 aliphatic rings. The van der Waals surface area contributed by atoms with Crippen LogP contribution in [0.5, 0.6) is 0 Å². The molecular formula is C38H21Cl13F4N4O4S. The number of nitro benzene ring substituents is 2. The number of thioether (sulfide) groups is 1. The Morgan fingerprint density at radius 2 is 0.938 bits per heavy atom. The van der Waals surface area contributed by atoms with Crippen LogP contribution < -0.4 is 0 Å². The summed E-state index contributed by atoms with van der Waals surface area (Å²) >= 11 is 74.3. The average molecular weight is 1170 g/mol. The molecule has 342 valence electrons. The number of alkyl halides is 8. The van der Waals surface area contributed by atoms with Crippen molar-refractivity contribution in [1.29, 1.82) is 10.5 Å². The van der Waals surface area contributed by atoms with E-state index in [2.05, 4.69) is 0 Å². The lowest BCUT2D eigenvalue weighted by molar-refractivity contribution is -0.389. The predicted molar refractivity (Wildman–Crippen MR) is 255 cm³/mol. The lowest BCUT2D eigenvalue weighted by atomic mass is 10.1. The Kier molecular flexibility index (Phi) is 27.5. The van der Waals surface area contributed by atoms with E-state index in [1.165, 1.54) is 12.1 Å². The minimum atomic E-state index is -4.45. The molecule has 0 heterocycles. The molecule has 0 bridgehead atoms. The van der Waals surface area contributed by atoms with E-state index in [0.29, 0.717) is 47.9 Å². The van der Waals surface area contributed by atoms with Gasteiger partial charge in [0.15, 0.2) is 0 Å². The molecule has 0 saturated heterocycles. The van der Waals surface area contributed by atoms with Gasteiger partial charge >= 0.3 is 6.18 Å². The van der Waals surface area contributed by atoms with Crippen molar-refractivity contribution in [2.45, 2.75) is 40.5 Å². The number of non-ortho nitro benzene ring substituents is 1.